The Bertz CT molecular complexity index is 586. The lowest BCUT2D eigenvalue weighted by Crippen LogP contribution is -2.45. The SMILES string of the molecule is CCC1(NC2=NCCNC(c3ccccc3F)=C2)CCCC1. The lowest BCUT2D eigenvalue weighted by molar-refractivity contribution is 0.376. The standard InChI is InChI=1S/C18H24FN3/c1-2-18(9-5-6-10-18)22-17-13-16(20-11-12-21-17)14-7-3-4-8-15(14)19/h3-4,7-8,13,20H,2,5-6,9-12H2,1H3,(H,21,22). The second kappa shape index (κ2) is 6.51. The van der Waals surface area contributed by atoms with Crippen LogP contribution in [-0.4, -0.2) is 24.5 Å². The molecule has 1 aromatic carbocycles. The largest absolute Gasteiger partial charge is 0.383 e. The molecule has 0 bridgehead atoms. The predicted octanol–water partition coefficient (Wildman–Crippen LogP) is 3.48. The number of nitrogens with zero attached hydrogens (tertiary/aromatic N) is 1. The van der Waals surface area contributed by atoms with Crippen LogP contribution >= 0.6 is 0 Å². The fourth-order valence-electron chi connectivity index (χ4n) is 3.42. The fraction of sp³-hybridized carbons (Fsp3) is 0.500. The quantitative estimate of drug-likeness (QED) is 0.896. The second-order valence-corrected chi connectivity index (χ2v) is 6.20. The van der Waals surface area contributed by atoms with E-state index in [1.165, 1.54) is 31.7 Å². The number of nitrogens with one attached hydrogen (secondary N) is 2. The molecule has 2 aliphatic rings. The third-order valence-electron chi connectivity index (χ3n) is 4.79. The van der Waals surface area contributed by atoms with Crippen LogP contribution < -0.4 is 10.6 Å². The zero-order valence-electron chi connectivity index (χ0n) is 13.2. The summed E-state index contributed by atoms with van der Waals surface area (Å²) in [5.74, 6) is 0.681. The third-order valence-corrected chi connectivity index (χ3v) is 4.79. The minimum atomic E-state index is -0.200. The molecule has 4 heteroatoms. The minimum Gasteiger partial charge on any atom is -0.383 e. The van der Waals surface area contributed by atoms with Crippen molar-refractivity contribution in [3.8, 4) is 0 Å². The van der Waals surface area contributed by atoms with Crippen LogP contribution in [0, 0.1) is 5.82 Å². The van der Waals surface area contributed by atoms with Crippen molar-refractivity contribution >= 4 is 11.5 Å². The van der Waals surface area contributed by atoms with Crippen LogP contribution in [0.2, 0.25) is 0 Å². The van der Waals surface area contributed by atoms with Crippen LogP contribution in [0.1, 0.15) is 44.6 Å². The second-order valence-electron chi connectivity index (χ2n) is 6.20. The van der Waals surface area contributed by atoms with Gasteiger partial charge in [0, 0.05) is 29.4 Å². The van der Waals surface area contributed by atoms with Gasteiger partial charge < -0.3 is 10.6 Å². The van der Waals surface area contributed by atoms with Gasteiger partial charge in [-0.15, -0.1) is 0 Å². The van der Waals surface area contributed by atoms with E-state index in [0.717, 1.165) is 24.5 Å². The lowest BCUT2D eigenvalue weighted by atomic mass is 9.94. The highest BCUT2D eigenvalue weighted by Crippen LogP contribution is 2.32. The van der Waals surface area contributed by atoms with Gasteiger partial charge in [0.25, 0.3) is 0 Å². The molecule has 1 fully saturated rings. The van der Waals surface area contributed by atoms with Crippen molar-refractivity contribution in [1.29, 1.82) is 0 Å². The molecule has 1 heterocycles. The Labute approximate surface area is 131 Å². The van der Waals surface area contributed by atoms with E-state index in [1.54, 1.807) is 6.07 Å². The molecule has 1 aliphatic heterocycles. The van der Waals surface area contributed by atoms with Gasteiger partial charge in [-0.1, -0.05) is 31.9 Å². The van der Waals surface area contributed by atoms with Gasteiger partial charge in [0.2, 0.25) is 0 Å². The molecular formula is C18H24FN3. The van der Waals surface area contributed by atoms with Gasteiger partial charge >= 0.3 is 0 Å². The maximum absolute atomic E-state index is 14.0. The Morgan fingerprint density at radius 3 is 2.77 bits per heavy atom. The molecule has 0 aromatic heterocycles. The van der Waals surface area contributed by atoms with E-state index >= 15 is 0 Å². The molecule has 2 N–H and O–H groups in total. The van der Waals surface area contributed by atoms with Crippen LogP contribution in [0.5, 0.6) is 0 Å². The Morgan fingerprint density at radius 2 is 2.05 bits per heavy atom. The Morgan fingerprint density at radius 1 is 1.27 bits per heavy atom. The van der Waals surface area contributed by atoms with E-state index in [4.69, 9.17) is 0 Å². The first-order valence-corrected chi connectivity index (χ1v) is 8.25. The number of benzene rings is 1. The molecule has 0 unspecified atom stereocenters. The summed E-state index contributed by atoms with van der Waals surface area (Å²) in [5, 5.41) is 6.94. The van der Waals surface area contributed by atoms with Gasteiger partial charge in [0.05, 0.1) is 6.54 Å². The maximum atomic E-state index is 14.0. The van der Waals surface area contributed by atoms with E-state index in [2.05, 4.69) is 22.5 Å². The average Bonchev–Trinajstić information content (AvgIpc) is 2.88. The molecule has 0 amide bonds. The van der Waals surface area contributed by atoms with Crippen molar-refractivity contribution in [1.82, 2.24) is 10.6 Å². The molecule has 0 saturated heterocycles. The van der Waals surface area contributed by atoms with Gasteiger partial charge in [-0.3, -0.25) is 4.99 Å². The molecule has 0 atom stereocenters. The molecule has 3 nitrogen and oxygen atoms in total. The number of halogens is 1. The predicted molar refractivity (Wildman–Crippen MR) is 89.3 cm³/mol. The van der Waals surface area contributed by atoms with Crippen LogP contribution in [-0.2, 0) is 0 Å². The zero-order chi connectivity index (χ0) is 15.4. The average molecular weight is 301 g/mol. The zero-order valence-corrected chi connectivity index (χ0v) is 13.2. The van der Waals surface area contributed by atoms with Crippen LogP contribution in [0.3, 0.4) is 0 Å². The van der Waals surface area contributed by atoms with Crippen molar-refractivity contribution < 1.29 is 4.39 Å². The van der Waals surface area contributed by atoms with Crippen LogP contribution in [0.25, 0.3) is 5.70 Å². The first-order chi connectivity index (χ1) is 10.7. The summed E-state index contributed by atoms with van der Waals surface area (Å²) in [6.45, 7) is 3.66. The summed E-state index contributed by atoms with van der Waals surface area (Å²) in [6, 6.07) is 6.88. The van der Waals surface area contributed by atoms with Crippen molar-refractivity contribution in [3.05, 3.63) is 41.7 Å². The molecule has 118 valence electrons. The van der Waals surface area contributed by atoms with E-state index in [9.17, 15) is 4.39 Å². The normalized spacial score (nSPS) is 20.6. The van der Waals surface area contributed by atoms with E-state index in [1.807, 2.05) is 18.2 Å². The van der Waals surface area contributed by atoms with Gasteiger partial charge in [-0.25, -0.2) is 4.39 Å². The molecule has 0 spiro atoms. The number of rotatable bonds is 3. The molecule has 0 radical (unpaired) electrons. The molecule has 1 aromatic rings. The van der Waals surface area contributed by atoms with E-state index in [0.29, 0.717) is 12.1 Å². The maximum Gasteiger partial charge on any atom is 0.132 e. The number of aliphatic imine (C=N–C) groups is 1. The number of hydrogen-bond donors (Lipinski definition) is 2. The van der Waals surface area contributed by atoms with Gasteiger partial charge in [-0.2, -0.15) is 0 Å². The Kier molecular flexibility index (Phi) is 4.46. The summed E-state index contributed by atoms with van der Waals surface area (Å²) in [5.41, 5.74) is 1.59. The first-order valence-electron chi connectivity index (χ1n) is 8.25. The molecule has 1 saturated carbocycles. The van der Waals surface area contributed by atoms with Crippen LogP contribution in [0.4, 0.5) is 4.39 Å². The van der Waals surface area contributed by atoms with E-state index < -0.39 is 0 Å². The molecule has 22 heavy (non-hydrogen) atoms. The highest BCUT2D eigenvalue weighted by molar-refractivity contribution is 5.99. The highest BCUT2D eigenvalue weighted by atomic mass is 19.1. The summed E-state index contributed by atoms with van der Waals surface area (Å²) in [6.07, 6.45) is 7.99. The first kappa shape index (κ1) is 15.1. The summed E-state index contributed by atoms with van der Waals surface area (Å²) >= 11 is 0. The smallest absolute Gasteiger partial charge is 0.132 e. The summed E-state index contributed by atoms with van der Waals surface area (Å²) in [4.78, 5) is 4.63. The number of hydrogen-bond acceptors (Lipinski definition) is 3. The van der Waals surface area contributed by atoms with Crippen molar-refractivity contribution in [2.75, 3.05) is 13.1 Å². The van der Waals surface area contributed by atoms with Gasteiger partial charge in [0.15, 0.2) is 0 Å². The summed E-state index contributed by atoms with van der Waals surface area (Å²) in [7, 11) is 0. The van der Waals surface area contributed by atoms with E-state index in [-0.39, 0.29) is 11.4 Å². The van der Waals surface area contributed by atoms with Gasteiger partial charge in [-0.05, 0) is 31.4 Å². The molecular weight excluding hydrogens is 277 g/mol. The monoisotopic (exact) mass is 301 g/mol. The molecule has 3 rings (SSSR count). The Hall–Kier alpha value is -1.84. The third kappa shape index (κ3) is 3.16. The van der Waals surface area contributed by atoms with Gasteiger partial charge in [0.1, 0.15) is 11.7 Å². The van der Waals surface area contributed by atoms with Crippen molar-refractivity contribution in [2.45, 2.75) is 44.6 Å². The minimum absolute atomic E-state index is 0.167. The van der Waals surface area contributed by atoms with Crippen LogP contribution in [0.15, 0.2) is 35.3 Å². The van der Waals surface area contributed by atoms with Crippen molar-refractivity contribution in [3.63, 3.8) is 0 Å². The molecule has 1 aliphatic carbocycles. The number of amidine groups is 1. The fourth-order valence-corrected chi connectivity index (χ4v) is 3.42. The lowest BCUT2D eigenvalue weighted by Gasteiger charge is -2.30. The topological polar surface area (TPSA) is 36.4 Å². The highest BCUT2D eigenvalue weighted by Gasteiger charge is 2.32. The Balaban J connectivity index is 1.85. The van der Waals surface area contributed by atoms with Crippen molar-refractivity contribution in [2.24, 2.45) is 4.99 Å². The summed E-state index contributed by atoms with van der Waals surface area (Å²) < 4.78 is 14.0.